The van der Waals surface area contributed by atoms with Crippen LogP contribution in [0.2, 0.25) is 0 Å². The van der Waals surface area contributed by atoms with Crippen LogP contribution < -0.4 is 10.9 Å². The largest absolute Gasteiger partial charge is 0.454 e. The van der Waals surface area contributed by atoms with Gasteiger partial charge >= 0.3 is 0 Å². The molecule has 0 atom stereocenters. The van der Waals surface area contributed by atoms with Crippen LogP contribution in [0.5, 0.6) is 0 Å². The molecule has 0 saturated heterocycles. The molecule has 5 aromatic rings. The van der Waals surface area contributed by atoms with Crippen LogP contribution in [0.1, 0.15) is 27.4 Å². The zero-order valence-corrected chi connectivity index (χ0v) is 16.9. The molecule has 1 N–H and O–H groups in total. The SMILES string of the molecule is Cc1ccc(CNC(=O)c2ccc(Cn3c(=O)c4cccn4c4cccnc43)o2)cc1. The summed E-state index contributed by atoms with van der Waals surface area (Å²) in [5.74, 6) is 0.408. The van der Waals surface area contributed by atoms with E-state index in [1.165, 1.54) is 5.56 Å². The van der Waals surface area contributed by atoms with Crippen LogP contribution in [-0.4, -0.2) is 19.9 Å². The van der Waals surface area contributed by atoms with E-state index < -0.39 is 0 Å². The predicted molar refractivity (Wildman–Crippen MR) is 117 cm³/mol. The van der Waals surface area contributed by atoms with Crippen molar-refractivity contribution < 1.29 is 9.21 Å². The van der Waals surface area contributed by atoms with Gasteiger partial charge in [0.05, 0.1) is 12.1 Å². The van der Waals surface area contributed by atoms with Crippen LogP contribution in [0.15, 0.2) is 82.3 Å². The number of rotatable bonds is 5. The minimum atomic E-state index is -0.302. The summed E-state index contributed by atoms with van der Waals surface area (Å²) < 4.78 is 9.14. The Kier molecular flexibility index (Phi) is 4.63. The zero-order valence-electron chi connectivity index (χ0n) is 16.9. The average molecular weight is 412 g/mol. The Morgan fingerprint density at radius 1 is 1.03 bits per heavy atom. The molecule has 4 aromatic heterocycles. The zero-order chi connectivity index (χ0) is 21.4. The first-order valence-electron chi connectivity index (χ1n) is 9.97. The molecule has 0 aliphatic carbocycles. The number of nitrogens with one attached hydrogen (secondary N) is 1. The minimum Gasteiger partial charge on any atom is -0.454 e. The van der Waals surface area contributed by atoms with Gasteiger partial charge in [-0.2, -0.15) is 0 Å². The monoisotopic (exact) mass is 412 g/mol. The summed E-state index contributed by atoms with van der Waals surface area (Å²) in [6.07, 6.45) is 3.49. The number of benzene rings is 1. The first-order valence-corrected chi connectivity index (χ1v) is 9.97. The molecule has 154 valence electrons. The highest BCUT2D eigenvalue weighted by Gasteiger charge is 2.15. The topological polar surface area (TPSA) is 81.5 Å². The van der Waals surface area contributed by atoms with Crippen molar-refractivity contribution in [1.29, 1.82) is 0 Å². The number of furan rings is 1. The van der Waals surface area contributed by atoms with Gasteiger partial charge in [-0.15, -0.1) is 0 Å². The summed E-state index contributed by atoms with van der Waals surface area (Å²) >= 11 is 0. The second-order valence-electron chi connectivity index (χ2n) is 7.44. The van der Waals surface area contributed by atoms with E-state index in [4.69, 9.17) is 4.42 Å². The van der Waals surface area contributed by atoms with Crippen molar-refractivity contribution >= 4 is 22.6 Å². The van der Waals surface area contributed by atoms with Crippen molar-refractivity contribution in [2.75, 3.05) is 0 Å². The standard InChI is InChI=1S/C24H20N4O3/c1-16-6-8-17(9-7-16)14-26-23(29)21-11-10-18(31-21)15-28-22-19(4-2-12-25-22)27-13-3-5-20(27)24(28)30/h2-13H,14-15H2,1H3,(H,26,29). The van der Waals surface area contributed by atoms with Gasteiger partial charge in [0.15, 0.2) is 11.4 Å². The molecule has 0 radical (unpaired) electrons. The van der Waals surface area contributed by atoms with E-state index in [-0.39, 0.29) is 23.8 Å². The van der Waals surface area contributed by atoms with Crippen molar-refractivity contribution in [2.45, 2.75) is 20.0 Å². The Morgan fingerprint density at radius 3 is 2.68 bits per heavy atom. The highest BCUT2D eigenvalue weighted by atomic mass is 16.4. The molecule has 7 heteroatoms. The van der Waals surface area contributed by atoms with Gasteiger partial charge in [-0.05, 0) is 48.9 Å². The fourth-order valence-corrected chi connectivity index (χ4v) is 3.65. The minimum absolute atomic E-state index is 0.169. The Labute approximate surface area is 177 Å². The molecule has 7 nitrogen and oxygen atoms in total. The third-order valence-corrected chi connectivity index (χ3v) is 5.27. The summed E-state index contributed by atoms with van der Waals surface area (Å²) in [7, 11) is 0. The first kappa shape index (κ1) is 18.9. The van der Waals surface area contributed by atoms with Crippen molar-refractivity contribution in [3.8, 4) is 0 Å². The van der Waals surface area contributed by atoms with E-state index >= 15 is 0 Å². The molecule has 0 fully saturated rings. The highest BCUT2D eigenvalue weighted by Crippen LogP contribution is 2.16. The van der Waals surface area contributed by atoms with E-state index in [2.05, 4.69) is 10.3 Å². The molecule has 0 aliphatic heterocycles. The fourth-order valence-electron chi connectivity index (χ4n) is 3.65. The average Bonchev–Trinajstić information content (AvgIpc) is 3.46. The summed E-state index contributed by atoms with van der Waals surface area (Å²) in [6.45, 7) is 2.61. The molecule has 4 heterocycles. The van der Waals surface area contributed by atoms with Crippen LogP contribution in [0.25, 0.3) is 16.7 Å². The molecule has 1 amide bonds. The number of hydrogen-bond donors (Lipinski definition) is 1. The number of hydrogen-bond acceptors (Lipinski definition) is 4. The smallest absolute Gasteiger partial charge is 0.287 e. The van der Waals surface area contributed by atoms with Crippen LogP contribution in [0.3, 0.4) is 0 Å². The maximum Gasteiger partial charge on any atom is 0.287 e. The van der Waals surface area contributed by atoms with E-state index in [9.17, 15) is 9.59 Å². The molecule has 31 heavy (non-hydrogen) atoms. The van der Waals surface area contributed by atoms with Crippen LogP contribution in [0.4, 0.5) is 0 Å². The molecule has 0 saturated carbocycles. The number of nitrogens with zero attached hydrogens (tertiary/aromatic N) is 3. The number of amides is 1. The number of carbonyl (C=O) groups is 1. The number of carbonyl (C=O) groups excluding carboxylic acids is 1. The first-order chi connectivity index (χ1) is 15.1. The van der Waals surface area contributed by atoms with Crippen LogP contribution >= 0.6 is 0 Å². The molecule has 0 bridgehead atoms. The Balaban J connectivity index is 1.40. The van der Waals surface area contributed by atoms with Gasteiger partial charge in [-0.3, -0.25) is 14.2 Å². The van der Waals surface area contributed by atoms with Crippen molar-refractivity contribution in [1.82, 2.24) is 19.3 Å². The van der Waals surface area contributed by atoms with Gasteiger partial charge in [-0.25, -0.2) is 4.98 Å². The van der Waals surface area contributed by atoms with E-state index in [1.807, 2.05) is 60.0 Å². The number of aromatic nitrogens is 3. The van der Waals surface area contributed by atoms with E-state index in [0.717, 1.165) is 11.1 Å². The van der Waals surface area contributed by atoms with Gasteiger partial charge in [-0.1, -0.05) is 29.8 Å². The third kappa shape index (κ3) is 3.50. The molecular formula is C24H20N4O3. The number of fused-ring (bicyclic) bond motifs is 3. The van der Waals surface area contributed by atoms with Crippen molar-refractivity contribution in [3.05, 3.63) is 106 Å². The highest BCUT2D eigenvalue weighted by molar-refractivity contribution is 5.91. The summed E-state index contributed by atoms with van der Waals surface area (Å²) in [6, 6.07) is 18.7. The van der Waals surface area contributed by atoms with Crippen LogP contribution in [-0.2, 0) is 13.1 Å². The van der Waals surface area contributed by atoms with Gasteiger partial charge in [0.2, 0.25) is 0 Å². The quantitative estimate of drug-likeness (QED) is 0.479. The molecule has 0 aliphatic rings. The molecule has 5 rings (SSSR count). The van der Waals surface area contributed by atoms with Gasteiger partial charge < -0.3 is 14.1 Å². The maximum atomic E-state index is 13.0. The fraction of sp³-hybridized carbons (Fsp3) is 0.125. The summed E-state index contributed by atoms with van der Waals surface area (Å²) in [5, 5.41) is 2.86. The number of pyridine rings is 1. The predicted octanol–water partition coefficient (Wildman–Crippen LogP) is 3.53. The maximum absolute atomic E-state index is 13.0. The lowest BCUT2D eigenvalue weighted by Gasteiger charge is -2.10. The Bertz CT molecular complexity index is 1460. The van der Waals surface area contributed by atoms with Crippen molar-refractivity contribution in [2.24, 2.45) is 0 Å². The molecule has 1 aromatic carbocycles. The Hall–Kier alpha value is -4.13. The Morgan fingerprint density at radius 2 is 1.84 bits per heavy atom. The lowest BCUT2D eigenvalue weighted by Crippen LogP contribution is -2.24. The molecule has 0 unspecified atom stereocenters. The summed E-state index contributed by atoms with van der Waals surface area (Å²) in [5.41, 5.74) is 3.94. The van der Waals surface area contributed by atoms with Gasteiger partial charge in [0.1, 0.15) is 11.3 Å². The summed E-state index contributed by atoms with van der Waals surface area (Å²) in [4.78, 5) is 29.9. The van der Waals surface area contributed by atoms with E-state index in [0.29, 0.717) is 23.5 Å². The second kappa shape index (κ2) is 7.60. The lowest BCUT2D eigenvalue weighted by atomic mass is 10.1. The number of aryl methyl sites for hydroxylation is 1. The lowest BCUT2D eigenvalue weighted by molar-refractivity contribution is 0.0921. The molecule has 0 spiro atoms. The normalized spacial score (nSPS) is 11.3. The van der Waals surface area contributed by atoms with E-state index in [1.54, 1.807) is 29.0 Å². The molecular weight excluding hydrogens is 392 g/mol. The van der Waals surface area contributed by atoms with Crippen LogP contribution in [0, 0.1) is 6.92 Å². The van der Waals surface area contributed by atoms with Gasteiger partial charge in [0, 0.05) is 18.9 Å². The van der Waals surface area contributed by atoms with Gasteiger partial charge in [0.25, 0.3) is 11.5 Å². The third-order valence-electron chi connectivity index (χ3n) is 5.27. The second-order valence-corrected chi connectivity index (χ2v) is 7.44. The van der Waals surface area contributed by atoms with Crippen molar-refractivity contribution in [3.63, 3.8) is 0 Å².